The number of carbonyl (C=O) groups is 1. The van der Waals surface area contributed by atoms with Gasteiger partial charge in [0.2, 0.25) is 5.91 Å². The molecule has 1 saturated heterocycles. The zero-order valence-electron chi connectivity index (χ0n) is 11.8. The van der Waals surface area contributed by atoms with Crippen LogP contribution in [0, 0.1) is 5.41 Å². The molecule has 2 N–H and O–H groups in total. The molecule has 0 bridgehead atoms. The molecule has 1 amide bonds. The van der Waals surface area contributed by atoms with Crippen molar-refractivity contribution in [2.75, 3.05) is 13.1 Å². The van der Waals surface area contributed by atoms with Crippen LogP contribution in [0.5, 0.6) is 0 Å². The lowest BCUT2D eigenvalue weighted by Gasteiger charge is -2.40. The number of nitrogens with two attached hydrogens (primary N) is 1. The summed E-state index contributed by atoms with van der Waals surface area (Å²) in [6, 6.07) is 0.408. The van der Waals surface area contributed by atoms with E-state index in [2.05, 4.69) is 11.8 Å². The van der Waals surface area contributed by atoms with E-state index in [0.29, 0.717) is 18.5 Å². The smallest absolute Gasteiger partial charge is 0.230 e. The maximum absolute atomic E-state index is 12.9. The average molecular weight is 252 g/mol. The number of likely N-dealkylation sites (tertiary alicyclic amines) is 1. The maximum Gasteiger partial charge on any atom is 0.230 e. The Labute approximate surface area is 111 Å². The topological polar surface area (TPSA) is 46.3 Å². The molecule has 0 aromatic rings. The molecule has 2 rings (SSSR count). The van der Waals surface area contributed by atoms with Gasteiger partial charge in [0.25, 0.3) is 0 Å². The zero-order chi connectivity index (χ0) is 13.0. The molecular formula is C15H28N2O. The number of rotatable bonds is 2. The number of hydrogen-bond donors (Lipinski definition) is 1. The fraction of sp³-hybridized carbons (Fsp3) is 0.933. The van der Waals surface area contributed by atoms with E-state index in [4.69, 9.17) is 5.73 Å². The van der Waals surface area contributed by atoms with E-state index < -0.39 is 0 Å². The molecule has 1 aliphatic heterocycles. The Bertz CT molecular complexity index is 284. The van der Waals surface area contributed by atoms with Crippen LogP contribution in [0.25, 0.3) is 0 Å². The van der Waals surface area contributed by atoms with Gasteiger partial charge in [-0.3, -0.25) is 4.79 Å². The van der Waals surface area contributed by atoms with Crippen LogP contribution in [-0.4, -0.2) is 29.9 Å². The van der Waals surface area contributed by atoms with Crippen LogP contribution in [-0.2, 0) is 4.79 Å². The van der Waals surface area contributed by atoms with Gasteiger partial charge in [-0.2, -0.15) is 0 Å². The molecule has 1 heterocycles. The molecule has 3 heteroatoms. The van der Waals surface area contributed by atoms with Gasteiger partial charge in [0.05, 0.1) is 5.41 Å². The average Bonchev–Trinajstić information content (AvgIpc) is 2.63. The summed E-state index contributed by atoms with van der Waals surface area (Å²) < 4.78 is 0. The molecule has 0 spiro atoms. The molecule has 1 atom stereocenters. The van der Waals surface area contributed by atoms with Crippen LogP contribution in [0.4, 0.5) is 0 Å². The molecule has 2 fully saturated rings. The van der Waals surface area contributed by atoms with Gasteiger partial charge >= 0.3 is 0 Å². The third-order valence-electron chi connectivity index (χ3n) is 4.97. The standard InChI is InChI=1S/C15H28N2O/c1-13-8-4-2-7-11-17(13)14(18)15(12-16)9-5-3-6-10-15/h13H,2-12,16H2,1H3. The van der Waals surface area contributed by atoms with Crippen LogP contribution < -0.4 is 5.73 Å². The molecule has 0 radical (unpaired) electrons. The Kier molecular flexibility index (Phi) is 4.66. The molecule has 18 heavy (non-hydrogen) atoms. The van der Waals surface area contributed by atoms with E-state index in [1.165, 1.54) is 32.1 Å². The van der Waals surface area contributed by atoms with E-state index in [1.807, 2.05) is 0 Å². The first kappa shape index (κ1) is 13.9. The Hall–Kier alpha value is -0.570. The highest BCUT2D eigenvalue weighted by Crippen LogP contribution is 2.38. The third kappa shape index (κ3) is 2.71. The second-order valence-electron chi connectivity index (χ2n) is 6.24. The lowest BCUT2D eigenvalue weighted by molar-refractivity contribution is -0.145. The largest absolute Gasteiger partial charge is 0.339 e. The van der Waals surface area contributed by atoms with Crippen molar-refractivity contribution < 1.29 is 4.79 Å². The van der Waals surface area contributed by atoms with Gasteiger partial charge in [-0.1, -0.05) is 32.1 Å². The summed E-state index contributed by atoms with van der Waals surface area (Å²) in [5.41, 5.74) is 5.76. The van der Waals surface area contributed by atoms with Crippen molar-refractivity contribution in [3.8, 4) is 0 Å². The monoisotopic (exact) mass is 252 g/mol. The number of nitrogens with zero attached hydrogens (tertiary/aromatic N) is 1. The molecule has 3 nitrogen and oxygen atoms in total. The van der Waals surface area contributed by atoms with Crippen LogP contribution >= 0.6 is 0 Å². The minimum Gasteiger partial charge on any atom is -0.339 e. The lowest BCUT2D eigenvalue weighted by atomic mass is 9.73. The van der Waals surface area contributed by atoms with Crippen LogP contribution in [0.3, 0.4) is 0 Å². The first-order chi connectivity index (χ1) is 8.69. The molecule has 0 aromatic heterocycles. The van der Waals surface area contributed by atoms with E-state index in [-0.39, 0.29) is 5.41 Å². The van der Waals surface area contributed by atoms with Gasteiger partial charge < -0.3 is 10.6 Å². The highest BCUT2D eigenvalue weighted by molar-refractivity contribution is 5.83. The van der Waals surface area contributed by atoms with Crippen LogP contribution in [0.1, 0.15) is 64.7 Å². The number of hydrogen-bond acceptors (Lipinski definition) is 2. The normalized spacial score (nSPS) is 28.8. The number of carbonyl (C=O) groups excluding carboxylic acids is 1. The van der Waals surface area contributed by atoms with Gasteiger partial charge in [0, 0.05) is 19.1 Å². The van der Waals surface area contributed by atoms with E-state index >= 15 is 0 Å². The maximum atomic E-state index is 12.9. The minimum absolute atomic E-state index is 0.225. The third-order valence-corrected chi connectivity index (χ3v) is 4.97. The van der Waals surface area contributed by atoms with Gasteiger partial charge in [0.1, 0.15) is 0 Å². The lowest BCUT2D eigenvalue weighted by Crippen LogP contribution is -2.51. The SMILES string of the molecule is CC1CCCCCN1C(=O)C1(CN)CCCCC1. The predicted octanol–water partition coefficient (Wildman–Crippen LogP) is 2.69. The summed E-state index contributed by atoms with van der Waals surface area (Å²) in [5, 5.41) is 0. The van der Waals surface area contributed by atoms with Crippen LogP contribution in [0.2, 0.25) is 0 Å². The Morgan fingerprint density at radius 3 is 2.50 bits per heavy atom. The van der Waals surface area contributed by atoms with Gasteiger partial charge in [0.15, 0.2) is 0 Å². The van der Waals surface area contributed by atoms with E-state index in [1.54, 1.807) is 0 Å². The first-order valence-electron chi connectivity index (χ1n) is 7.71. The van der Waals surface area contributed by atoms with Gasteiger partial charge in [-0.15, -0.1) is 0 Å². The molecular weight excluding hydrogens is 224 g/mol. The molecule has 2 aliphatic rings. The second kappa shape index (κ2) is 6.05. The van der Waals surface area contributed by atoms with Gasteiger partial charge in [-0.05, 0) is 32.6 Å². The fourth-order valence-corrected chi connectivity index (χ4v) is 3.62. The van der Waals surface area contributed by atoms with Crippen molar-refractivity contribution in [3.63, 3.8) is 0 Å². The van der Waals surface area contributed by atoms with Crippen molar-refractivity contribution in [1.29, 1.82) is 0 Å². The summed E-state index contributed by atoms with van der Waals surface area (Å²) in [6.07, 6.45) is 10.5. The predicted molar refractivity (Wildman–Crippen MR) is 74.2 cm³/mol. The van der Waals surface area contributed by atoms with Crippen LogP contribution in [0.15, 0.2) is 0 Å². The second-order valence-corrected chi connectivity index (χ2v) is 6.24. The van der Waals surface area contributed by atoms with Crippen molar-refractivity contribution in [2.45, 2.75) is 70.8 Å². The summed E-state index contributed by atoms with van der Waals surface area (Å²) in [5.74, 6) is 0.360. The Morgan fingerprint density at radius 1 is 1.17 bits per heavy atom. The summed E-state index contributed by atoms with van der Waals surface area (Å²) >= 11 is 0. The first-order valence-corrected chi connectivity index (χ1v) is 7.71. The van der Waals surface area contributed by atoms with E-state index in [0.717, 1.165) is 32.2 Å². The summed E-state index contributed by atoms with van der Waals surface area (Å²) in [6.45, 7) is 3.69. The highest BCUT2D eigenvalue weighted by atomic mass is 16.2. The molecule has 0 aromatic carbocycles. The molecule has 1 unspecified atom stereocenters. The molecule has 1 aliphatic carbocycles. The molecule has 1 saturated carbocycles. The van der Waals surface area contributed by atoms with Gasteiger partial charge in [-0.25, -0.2) is 0 Å². The summed E-state index contributed by atoms with van der Waals surface area (Å²) in [4.78, 5) is 15.1. The zero-order valence-corrected chi connectivity index (χ0v) is 11.8. The summed E-state index contributed by atoms with van der Waals surface area (Å²) in [7, 11) is 0. The fourth-order valence-electron chi connectivity index (χ4n) is 3.62. The van der Waals surface area contributed by atoms with E-state index in [9.17, 15) is 4.79 Å². The quantitative estimate of drug-likeness (QED) is 0.821. The molecule has 104 valence electrons. The Balaban J connectivity index is 2.11. The van der Waals surface area contributed by atoms with Crippen molar-refractivity contribution in [2.24, 2.45) is 11.1 Å². The number of amides is 1. The minimum atomic E-state index is -0.225. The van der Waals surface area contributed by atoms with Crippen molar-refractivity contribution in [3.05, 3.63) is 0 Å². The Morgan fingerprint density at radius 2 is 1.83 bits per heavy atom. The van der Waals surface area contributed by atoms with Crippen molar-refractivity contribution in [1.82, 2.24) is 4.90 Å². The van der Waals surface area contributed by atoms with Crippen molar-refractivity contribution >= 4 is 5.91 Å². The highest BCUT2D eigenvalue weighted by Gasteiger charge is 2.41.